The van der Waals surface area contributed by atoms with Crippen LogP contribution >= 0.6 is 0 Å². The van der Waals surface area contributed by atoms with Crippen LogP contribution < -0.4 is 15.6 Å². The molecule has 3 aromatic rings. The minimum atomic E-state index is -0.380. The highest BCUT2D eigenvalue weighted by Crippen LogP contribution is 2.29. The summed E-state index contributed by atoms with van der Waals surface area (Å²) >= 11 is 0. The van der Waals surface area contributed by atoms with E-state index in [0.29, 0.717) is 17.7 Å². The topological polar surface area (TPSA) is 92.1 Å². The van der Waals surface area contributed by atoms with E-state index < -0.39 is 0 Å². The van der Waals surface area contributed by atoms with Gasteiger partial charge >= 0.3 is 0 Å². The predicted octanol–water partition coefficient (Wildman–Crippen LogP) is 2.88. The maximum atomic E-state index is 12.3. The number of carbonyl (C=O) groups is 1. The van der Waals surface area contributed by atoms with Gasteiger partial charge in [0, 0.05) is 76.1 Å². The number of furan rings is 1. The van der Waals surface area contributed by atoms with Gasteiger partial charge in [0.1, 0.15) is 17.4 Å². The maximum Gasteiger partial charge on any atom is 0.251 e. The van der Waals surface area contributed by atoms with Gasteiger partial charge in [0.2, 0.25) is 5.88 Å². The van der Waals surface area contributed by atoms with Crippen molar-refractivity contribution >= 4 is 16.9 Å². The number of nitrogens with one attached hydrogen (secondary N) is 2. The van der Waals surface area contributed by atoms with E-state index in [9.17, 15) is 4.79 Å². The maximum absolute atomic E-state index is 12.3. The Balaban J connectivity index is 1.15. The van der Waals surface area contributed by atoms with E-state index in [1.807, 2.05) is 41.6 Å². The first kappa shape index (κ1) is 23.7. The Hall–Kier alpha value is -2.98. The molecule has 0 radical (unpaired) electrons. The van der Waals surface area contributed by atoms with Crippen LogP contribution in [0, 0.1) is 0 Å². The minimum absolute atomic E-state index is 0.0697. The fourth-order valence-electron chi connectivity index (χ4n) is 4.66. The second-order valence-electron chi connectivity index (χ2n) is 9.16. The summed E-state index contributed by atoms with van der Waals surface area (Å²) in [5, 5.41) is 1.10. The lowest BCUT2D eigenvalue weighted by Gasteiger charge is -2.35. The number of hydrogen-bond acceptors (Lipinski definition) is 8. The number of pyridine rings is 1. The van der Waals surface area contributed by atoms with E-state index in [0.717, 1.165) is 68.6 Å². The lowest BCUT2D eigenvalue weighted by molar-refractivity contribution is -0.142. The molecule has 186 valence electrons. The molecule has 5 rings (SSSR count). The SMILES string of the molecule is CO[C@@H](C)C(=O)N1CCN(CCc2coc3cc(Oc4ccc(C5CCNN5)cn4)ccc23)CC1. The first-order valence-corrected chi connectivity index (χ1v) is 12.3. The molecular formula is C26H33N5O4. The number of piperazine rings is 1. The summed E-state index contributed by atoms with van der Waals surface area (Å²) in [4.78, 5) is 21.0. The zero-order valence-corrected chi connectivity index (χ0v) is 20.3. The molecule has 2 N–H and O–H groups in total. The normalized spacial score (nSPS) is 19.8. The molecule has 2 aromatic heterocycles. The van der Waals surface area contributed by atoms with Crippen LogP contribution in [-0.2, 0) is 16.0 Å². The van der Waals surface area contributed by atoms with E-state index in [2.05, 4.69) is 26.8 Å². The molecule has 35 heavy (non-hydrogen) atoms. The number of hydrogen-bond donors (Lipinski definition) is 2. The van der Waals surface area contributed by atoms with Crippen LogP contribution in [0.3, 0.4) is 0 Å². The molecule has 4 heterocycles. The lowest BCUT2D eigenvalue weighted by atomic mass is 10.1. The van der Waals surface area contributed by atoms with Crippen LogP contribution in [-0.4, -0.2) is 73.2 Å². The Morgan fingerprint density at radius 2 is 2.09 bits per heavy atom. The Morgan fingerprint density at radius 1 is 1.23 bits per heavy atom. The zero-order chi connectivity index (χ0) is 24.2. The van der Waals surface area contributed by atoms with Crippen molar-refractivity contribution in [2.24, 2.45) is 0 Å². The van der Waals surface area contributed by atoms with Crippen molar-refractivity contribution in [2.45, 2.75) is 31.9 Å². The zero-order valence-electron chi connectivity index (χ0n) is 20.3. The molecule has 0 aliphatic carbocycles. The number of fused-ring (bicyclic) bond motifs is 1. The highest BCUT2D eigenvalue weighted by atomic mass is 16.5. The molecular weight excluding hydrogens is 446 g/mol. The van der Waals surface area contributed by atoms with E-state index >= 15 is 0 Å². The van der Waals surface area contributed by atoms with Crippen LogP contribution in [0.15, 0.2) is 47.2 Å². The van der Waals surface area contributed by atoms with Crippen LogP contribution in [0.2, 0.25) is 0 Å². The molecule has 2 saturated heterocycles. The van der Waals surface area contributed by atoms with Gasteiger partial charge < -0.3 is 18.8 Å². The number of methoxy groups -OCH3 is 1. The molecule has 2 aliphatic rings. The number of aromatic nitrogens is 1. The molecule has 0 bridgehead atoms. The second-order valence-corrected chi connectivity index (χ2v) is 9.16. The van der Waals surface area contributed by atoms with E-state index in [-0.39, 0.29) is 12.0 Å². The fraction of sp³-hybridized carbons (Fsp3) is 0.462. The summed E-state index contributed by atoms with van der Waals surface area (Å²) in [5.41, 5.74) is 9.51. The van der Waals surface area contributed by atoms with Crippen LogP contribution in [0.1, 0.15) is 30.5 Å². The highest BCUT2D eigenvalue weighted by molar-refractivity contribution is 5.82. The summed E-state index contributed by atoms with van der Waals surface area (Å²) in [5.74, 6) is 1.33. The number of nitrogens with zero attached hydrogens (tertiary/aromatic N) is 3. The van der Waals surface area contributed by atoms with Crippen molar-refractivity contribution in [3.8, 4) is 11.6 Å². The molecule has 1 aromatic carbocycles. The molecule has 0 spiro atoms. The third-order valence-electron chi connectivity index (χ3n) is 6.93. The molecule has 2 aliphatic heterocycles. The number of rotatable bonds is 8. The number of hydrazine groups is 1. The summed E-state index contributed by atoms with van der Waals surface area (Å²) in [6.07, 6.45) is 5.25. The van der Waals surface area contributed by atoms with Crippen LogP contribution in [0.5, 0.6) is 11.6 Å². The van der Waals surface area contributed by atoms with Crippen molar-refractivity contribution in [1.82, 2.24) is 25.6 Å². The standard InChI is InChI=1S/C26H33N5O4/c1-18(33-2)26(32)31-13-11-30(12-14-31)10-8-20-17-34-24-15-21(4-5-22(20)24)35-25-6-3-19(16-27-25)23-7-9-28-29-23/h3-6,15-18,23,28-29H,7-14H2,1-2H3/t18-,23?/m0/s1. The van der Waals surface area contributed by atoms with Gasteiger partial charge in [0.15, 0.2) is 0 Å². The quantitative estimate of drug-likeness (QED) is 0.510. The van der Waals surface area contributed by atoms with Gasteiger partial charge in [0.25, 0.3) is 5.91 Å². The number of benzene rings is 1. The van der Waals surface area contributed by atoms with Crippen molar-refractivity contribution in [1.29, 1.82) is 0 Å². The molecule has 2 atom stereocenters. The highest BCUT2D eigenvalue weighted by Gasteiger charge is 2.24. The van der Waals surface area contributed by atoms with Gasteiger partial charge in [-0.2, -0.15) is 0 Å². The molecule has 9 heteroatoms. The average Bonchev–Trinajstić information content (AvgIpc) is 3.58. The summed E-state index contributed by atoms with van der Waals surface area (Å²) in [7, 11) is 1.57. The minimum Gasteiger partial charge on any atom is -0.464 e. The number of carbonyl (C=O) groups excluding carboxylic acids is 1. The van der Waals surface area contributed by atoms with Crippen LogP contribution in [0.25, 0.3) is 11.0 Å². The number of amides is 1. The van der Waals surface area contributed by atoms with Crippen molar-refractivity contribution in [3.05, 3.63) is 53.9 Å². The summed E-state index contributed by atoms with van der Waals surface area (Å²) in [6, 6.07) is 10.2. The van der Waals surface area contributed by atoms with Crippen LogP contribution in [0.4, 0.5) is 0 Å². The monoisotopic (exact) mass is 479 g/mol. The molecule has 9 nitrogen and oxygen atoms in total. The molecule has 2 fully saturated rings. The smallest absolute Gasteiger partial charge is 0.251 e. The Labute approximate surface area is 205 Å². The van der Waals surface area contributed by atoms with Crippen molar-refractivity contribution in [3.63, 3.8) is 0 Å². The third-order valence-corrected chi connectivity index (χ3v) is 6.93. The first-order valence-electron chi connectivity index (χ1n) is 12.3. The molecule has 1 unspecified atom stereocenters. The Bertz CT molecular complexity index is 1130. The van der Waals surface area contributed by atoms with Gasteiger partial charge in [-0.25, -0.2) is 4.98 Å². The van der Waals surface area contributed by atoms with Crippen molar-refractivity contribution < 1.29 is 18.7 Å². The van der Waals surface area contributed by atoms with Crippen molar-refractivity contribution in [2.75, 3.05) is 46.4 Å². The summed E-state index contributed by atoms with van der Waals surface area (Å²) < 4.78 is 17.0. The van der Waals surface area contributed by atoms with Gasteiger partial charge in [0.05, 0.1) is 6.26 Å². The first-order chi connectivity index (χ1) is 17.1. The van der Waals surface area contributed by atoms with E-state index in [1.165, 1.54) is 5.56 Å². The van der Waals surface area contributed by atoms with Gasteiger partial charge in [-0.05, 0) is 43.0 Å². The Kier molecular flexibility index (Phi) is 7.29. The van der Waals surface area contributed by atoms with Gasteiger partial charge in [-0.1, -0.05) is 6.07 Å². The third kappa shape index (κ3) is 5.48. The largest absolute Gasteiger partial charge is 0.464 e. The summed E-state index contributed by atoms with van der Waals surface area (Å²) in [6.45, 7) is 6.90. The molecule has 0 saturated carbocycles. The van der Waals surface area contributed by atoms with Gasteiger partial charge in [-0.15, -0.1) is 0 Å². The second kappa shape index (κ2) is 10.7. The average molecular weight is 480 g/mol. The Morgan fingerprint density at radius 3 is 2.80 bits per heavy atom. The fourth-order valence-corrected chi connectivity index (χ4v) is 4.66. The van der Waals surface area contributed by atoms with E-state index in [4.69, 9.17) is 13.9 Å². The predicted molar refractivity (Wildman–Crippen MR) is 132 cm³/mol. The lowest BCUT2D eigenvalue weighted by Crippen LogP contribution is -2.51. The van der Waals surface area contributed by atoms with Gasteiger partial charge in [-0.3, -0.25) is 20.5 Å². The number of ether oxygens (including phenoxy) is 2. The van der Waals surface area contributed by atoms with E-state index in [1.54, 1.807) is 14.0 Å². The molecule has 1 amide bonds.